The summed E-state index contributed by atoms with van der Waals surface area (Å²) in [5.41, 5.74) is 3.90. The second-order valence-corrected chi connectivity index (χ2v) is 5.04. The maximum Gasteiger partial charge on any atom is 0.123 e. The molecule has 0 saturated heterocycles. The molecule has 0 radical (unpaired) electrons. The van der Waals surface area contributed by atoms with Crippen molar-refractivity contribution in [3.05, 3.63) is 53.1 Å². The molecule has 3 nitrogen and oxygen atoms in total. The Labute approximate surface area is 120 Å². The number of hydrogen-bond acceptors (Lipinski definition) is 3. The van der Waals surface area contributed by atoms with Gasteiger partial charge in [0.15, 0.2) is 0 Å². The molecule has 0 saturated carbocycles. The monoisotopic (exact) mass is 271 g/mol. The Balaban J connectivity index is 2.18. The minimum Gasteiger partial charge on any atom is -0.507 e. The Morgan fingerprint density at radius 3 is 2.30 bits per heavy atom. The van der Waals surface area contributed by atoms with Crippen LogP contribution in [0.5, 0.6) is 11.5 Å². The largest absolute Gasteiger partial charge is 0.507 e. The summed E-state index contributed by atoms with van der Waals surface area (Å²) in [6.45, 7) is 5.92. The molecule has 20 heavy (non-hydrogen) atoms. The normalized spacial score (nSPS) is 12.0. The third-order valence-electron chi connectivity index (χ3n) is 3.62. The summed E-state index contributed by atoms with van der Waals surface area (Å²) in [6, 6.07) is 12.1. The minimum atomic E-state index is 0.154. The van der Waals surface area contributed by atoms with Crippen molar-refractivity contribution in [2.24, 2.45) is 0 Å². The number of hydrogen-bond donors (Lipinski definition) is 2. The van der Waals surface area contributed by atoms with E-state index in [2.05, 4.69) is 12.2 Å². The summed E-state index contributed by atoms with van der Waals surface area (Å²) in [5.74, 6) is 1.21. The maximum absolute atomic E-state index is 9.98. The van der Waals surface area contributed by atoms with E-state index < -0.39 is 0 Å². The summed E-state index contributed by atoms with van der Waals surface area (Å²) in [4.78, 5) is 0. The Bertz CT molecular complexity index is 591. The fraction of sp³-hybridized carbons (Fsp3) is 0.294. The molecule has 0 aliphatic heterocycles. The van der Waals surface area contributed by atoms with Crippen molar-refractivity contribution in [3.63, 3.8) is 0 Å². The third-order valence-corrected chi connectivity index (χ3v) is 3.62. The molecule has 106 valence electrons. The number of phenols is 1. The van der Waals surface area contributed by atoms with Gasteiger partial charge in [-0.1, -0.05) is 18.2 Å². The predicted molar refractivity (Wildman–Crippen MR) is 82.6 cm³/mol. The molecule has 1 unspecified atom stereocenters. The zero-order valence-corrected chi connectivity index (χ0v) is 12.4. The number of aryl methyl sites for hydroxylation is 1. The van der Waals surface area contributed by atoms with Crippen molar-refractivity contribution < 1.29 is 9.84 Å². The van der Waals surface area contributed by atoms with Crippen molar-refractivity contribution in [1.82, 2.24) is 0 Å². The first-order valence-electron chi connectivity index (χ1n) is 6.72. The molecule has 0 aromatic heterocycles. The smallest absolute Gasteiger partial charge is 0.123 e. The van der Waals surface area contributed by atoms with E-state index in [1.807, 2.05) is 50.2 Å². The van der Waals surface area contributed by atoms with Gasteiger partial charge < -0.3 is 15.2 Å². The molecule has 0 heterocycles. The number of methoxy groups -OCH3 is 1. The van der Waals surface area contributed by atoms with Gasteiger partial charge in [0, 0.05) is 17.3 Å². The van der Waals surface area contributed by atoms with Gasteiger partial charge in [-0.2, -0.15) is 0 Å². The van der Waals surface area contributed by atoms with Crippen molar-refractivity contribution in [2.45, 2.75) is 26.8 Å². The zero-order chi connectivity index (χ0) is 14.7. The molecule has 2 aromatic carbocycles. The van der Waals surface area contributed by atoms with Crippen molar-refractivity contribution in [2.75, 3.05) is 12.4 Å². The third kappa shape index (κ3) is 2.87. The second kappa shape index (κ2) is 5.87. The van der Waals surface area contributed by atoms with Crippen molar-refractivity contribution in [3.8, 4) is 11.5 Å². The van der Waals surface area contributed by atoms with Gasteiger partial charge in [-0.25, -0.2) is 0 Å². The first-order chi connectivity index (χ1) is 9.52. The fourth-order valence-corrected chi connectivity index (χ4v) is 2.20. The van der Waals surface area contributed by atoms with Crippen LogP contribution in [0, 0.1) is 13.8 Å². The molecule has 0 aliphatic carbocycles. The lowest BCUT2D eigenvalue weighted by Crippen LogP contribution is -2.07. The molecule has 2 N–H and O–H groups in total. The molecule has 3 heteroatoms. The lowest BCUT2D eigenvalue weighted by molar-refractivity contribution is 0.414. The number of ether oxygens (including phenoxy) is 1. The molecule has 1 atom stereocenters. The number of rotatable bonds is 4. The number of phenolic OH excluding ortho intramolecular Hbond substituents is 1. The highest BCUT2D eigenvalue weighted by atomic mass is 16.5. The van der Waals surface area contributed by atoms with Crippen LogP contribution in [0.2, 0.25) is 0 Å². The fourth-order valence-electron chi connectivity index (χ4n) is 2.20. The van der Waals surface area contributed by atoms with Crippen LogP contribution >= 0.6 is 0 Å². The standard InChI is InChI=1S/C17H21NO2/c1-11-5-10-16(12(2)17(11)19)18-13(3)14-6-8-15(20-4)9-7-14/h5-10,13,18-19H,1-4H3. The van der Waals surface area contributed by atoms with Crippen LogP contribution in [0.25, 0.3) is 0 Å². The maximum atomic E-state index is 9.98. The number of nitrogens with one attached hydrogen (secondary N) is 1. The van der Waals surface area contributed by atoms with Gasteiger partial charge >= 0.3 is 0 Å². The first-order valence-corrected chi connectivity index (χ1v) is 6.72. The molecular weight excluding hydrogens is 250 g/mol. The van der Waals surface area contributed by atoms with Gasteiger partial charge in [0.05, 0.1) is 7.11 Å². The van der Waals surface area contributed by atoms with Crippen LogP contribution in [-0.2, 0) is 0 Å². The molecule has 0 bridgehead atoms. The number of aromatic hydroxyl groups is 1. The van der Waals surface area contributed by atoms with E-state index in [0.717, 1.165) is 22.6 Å². The van der Waals surface area contributed by atoms with Crippen molar-refractivity contribution in [1.29, 1.82) is 0 Å². The Morgan fingerprint density at radius 2 is 1.70 bits per heavy atom. The van der Waals surface area contributed by atoms with E-state index >= 15 is 0 Å². The lowest BCUT2D eigenvalue weighted by Gasteiger charge is -2.19. The average molecular weight is 271 g/mol. The van der Waals surface area contributed by atoms with Gasteiger partial charge in [0.25, 0.3) is 0 Å². The Hall–Kier alpha value is -2.16. The minimum absolute atomic E-state index is 0.154. The van der Waals surface area contributed by atoms with E-state index in [9.17, 15) is 5.11 Å². The molecule has 0 amide bonds. The van der Waals surface area contributed by atoms with E-state index in [1.165, 1.54) is 5.56 Å². The van der Waals surface area contributed by atoms with Gasteiger partial charge in [-0.05, 0) is 50.1 Å². The van der Waals surface area contributed by atoms with Gasteiger partial charge in [-0.3, -0.25) is 0 Å². The molecule has 2 aromatic rings. The Morgan fingerprint density at radius 1 is 1.05 bits per heavy atom. The molecular formula is C17H21NO2. The summed E-state index contributed by atoms with van der Waals surface area (Å²) >= 11 is 0. The molecule has 0 spiro atoms. The first kappa shape index (κ1) is 14.3. The van der Waals surface area contributed by atoms with E-state index in [0.29, 0.717) is 5.75 Å². The van der Waals surface area contributed by atoms with Gasteiger partial charge in [-0.15, -0.1) is 0 Å². The van der Waals surface area contributed by atoms with Crippen LogP contribution < -0.4 is 10.1 Å². The zero-order valence-electron chi connectivity index (χ0n) is 12.4. The van der Waals surface area contributed by atoms with E-state index in [4.69, 9.17) is 4.74 Å². The molecule has 0 fully saturated rings. The topological polar surface area (TPSA) is 41.5 Å². The van der Waals surface area contributed by atoms with Crippen LogP contribution in [-0.4, -0.2) is 12.2 Å². The second-order valence-electron chi connectivity index (χ2n) is 5.04. The number of anilines is 1. The quantitative estimate of drug-likeness (QED) is 0.876. The average Bonchev–Trinajstić information content (AvgIpc) is 2.48. The highest BCUT2D eigenvalue weighted by molar-refractivity contribution is 5.59. The van der Waals surface area contributed by atoms with Crippen molar-refractivity contribution >= 4 is 5.69 Å². The predicted octanol–water partition coefficient (Wildman–Crippen LogP) is 4.19. The van der Waals surface area contributed by atoms with Gasteiger partial charge in [0.2, 0.25) is 0 Å². The summed E-state index contributed by atoms with van der Waals surface area (Å²) in [6.07, 6.45) is 0. The summed E-state index contributed by atoms with van der Waals surface area (Å²) in [7, 11) is 1.66. The van der Waals surface area contributed by atoms with Crippen LogP contribution in [0.4, 0.5) is 5.69 Å². The molecule has 0 aliphatic rings. The van der Waals surface area contributed by atoms with Crippen LogP contribution in [0.15, 0.2) is 36.4 Å². The SMILES string of the molecule is COc1ccc(C(C)Nc2ccc(C)c(O)c2C)cc1. The number of benzene rings is 2. The Kier molecular flexibility index (Phi) is 4.18. The lowest BCUT2D eigenvalue weighted by atomic mass is 10.1. The van der Waals surface area contributed by atoms with Crippen LogP contribution in [0.3, 0.4) is 0 Å². The van der Waals surface area contributed by atoms with Gasteiger partial charge in [0.1, 0.15) is 11.5 Å². The highest BCUT2D eigenvalue weighted by Gasteiger charge is 2.10. The highest BCUT2D eigenvalue weighted by Crippen LogP contribution is 2.30. The summed E-state index contributed by atoms with van der Waals surface area (Å²) in [5, 5.41) is 13.4. The summed E-state index contributed by atoms with van der Waals surface area (Å²) < 4.78 is 5.16. The van der Waals surface area contributed by atoms with E-state index in [1.54, 1.807) is 7.11 Å². The molecule has 2 rings (SSSR count). The van der Waals surface area contributed by atoms with E-state index in [-0.39, 0.29) is 6.04 Å². The van der Waals surface area contributed by atoms with Crippen LogP contribution in [0.1, 0.15) is 29.7 Å².